The maximum Gasteiger partial charge on any atom is 0.271 e. The van der Waals surface area contributed by atoms with Crippen molar-refractivity contribution in [1.82, 2.24) is 10.4 Å². The molecule has 4 rings (SSSR count). The summed E-state index contributed by atoms with van der Waals surface area (Å²) >= 11 is 0. The fraction of sp³-hybridized carbons (Fsp3) is 0.0741. The van der Waals surface area contributed by atoms with Crippen LogP contribution in [0.3, 0.4) is 0 Å². The number of ether oxygens (including phenoxy) is 1. The fourth-order valence-corrected chi connectivity index (χ4v) is 3.20. The first kappa shape index (κ1) is 21.0. The van der Waals surface area contributed by atoms with E-state index in [4.69, 9.17) is 4.74 Å². The summed E-state index contributed by atoms with van der Waals surface area (Å²) in [5, 5.41) is 4.16. The molecule has 0 bridgehead atoms. The maximum absolute atomic E-state index is 12.4. The molecular weight excluding hydrogens is 398 g/mol. The van der Waals surface area contributed by atoms with Gasteiger partial charge in [0, 0.05) is 29.1 Å². The van der Waals surface area contributed by atoms with Crippen molar-refractivity contribution in [3.05, 3.63) is 120 Å². The van der Waals surface area contributed by atoms with Crippen LogP contribution in [-0.4, -0.2) is 16.6 Å². The number of carbonyl (C=O) groups is 1. The van der Waals surface area contributed by atoms with Gasteiger partial charge >= 0.3 is 0 Å². The third-order valence-electron chi connectivity index (χ3n) is 4.99. The van der Waals surface area contributed by atoms with Gasteiger partial charge in [0.1, 0.15) is 12.4 Å². The molecule has 0 aliphatic rings. The number of hydrogen-bond acceptors (Lipinski definition) is 4. The van der Waals surface area contributed by atoms with Crippen molar-refractivity contribution in [2.24, 2.45) is 5.10 Å². The van der Waals surface area contributed by atoms with Crippen molar-refractivity contribution in [2.75, 3.05) is 0 Å². The van der Waals surface area contributed by atoms with E-state index in [1.54, 1.807) is 24.5 Å². The van der Waals surface area contributed by atoms with Crippen molar-refractivity contribution in [3.8, 4) is 16.9 Å². The van der Waals surface area contributed by atoms with Crippen LogP contribution >= 0.6 is 0 Å². The molecule has 5 nitrogen and oxygen atoms in total. The minimum Gasteiger partial charge on any atom is -0.488 e. The van der Waals surface area contributed by atoms with Crippen molar-refractivity contribution in [3.63, 3.8) is 0 Å². The van der Waals surface area contributed by atoms with E-state index in [0.717, 1.165) is 28.0 Å². The average Bonchev–Trinajstić information content (AvgIpc) is 2.87. The predicted molar refractivity (Wildman–Crippen MR) is 127 cm³/mol. The summed E-state index contributed by atoms with van der Waals surface area (Å²) in [6.45, 7) is 2.23. The van der Waals surface area contributed by atoms with Crippen LogP contribution < -0.4 is 10.2 Å². The molecule has 158 valence electrons. The molecule has 0 fully saturated rings. The molecule has 1 N–H and O–H groups in total. The van der Waals surface area contributed by atoms with Gasteiger partial charge in [-0.2, -0.15) is 5.10 Å². The molecule has 0 spiro atoms. The molecule has 0 saturated heterocycles. The topological polar surface area (TPSA) is 63.6 Å². The molecule has 32 heavy (non-hydrogen) atoms. The maximum atomic E-state index is 12.4. The van der Waals surface area contributed by atoms with Crippen LogP contribution in [0.1, 0.15) is 28.4 Å². The molecule has 0 aliphatic heterocycles. The number of para-hydroxylation sites is 1. The van der Waals surface area contributed by atoms with Crippen LogP contribution in [0, 0.1) is 0 Å². The highest BCUT2D eigenvalue weighted by Crippen LogP contribution is 2.30. The van der Waals surface area contributed by atoms with Gasteiger partial charge in [0.25, 0.3) is 5.91 Å². The zero-order valence-electron chi connectivity index (χ0n) is 17.7. The molecule has 3 aromatic carbocycles. The smallest absolute Gasteiger partial charge is 0.271 e. The van der Waals surface area contributed by atoms with E-state index < -0.39 is 0 Å². The molecule has 1 amide bonds. The van der Waals surface area contributed by atoms with Gasteiger partial charge < -0.3 is 4.74 Å². The van der Waals surface area contributed by atoms with Crippen LogP contribution in [0.4, 0.5) is 0 Å². The van der Waals surface area contributed by atoms with E-state index in [1.807, 2.05) is 73.7 Å². The lowest BCUT2D eigenvalue weighted by molar-refractivity contribution is 0.0955. The summed E-state index contributed by atoms with van der Waals surface area (Å²) < 4.78 is 6.08. The lowest BCUT2D eigenvalue weighted by Gasteiger charge is -2.12. The van der Waals surface area contributed by atoms with Crippen molar-refractivity contribution < 1.29 is 9.53 Å². The molecule has 0 atom stereocenters. The van der Waals surface area contributed by atoms with Crippen molar-refractivity contribution in [2.45, 2.75) is 13.5 Å². The first-order valence-electron chi connectivity index (χ1n) is 10.3. The Morgan fingerprint density at radius 1 is 0.875 bits per heavy atom. The third-order valence-corrected chi connectivity index (χ3v) is 4.99. The van der Waals surface area contributed by atoms with Crippen LogP contribution in [-0.2, 0) is 6.61 Å². The number of aromatic nitrogens is 1. The normalized spacial score (nSPS) is 11.1. The van der Waals surface area contributed by atoms with E-state index in [0.29, 0.717) is 17.9 Å². The molecule has 0 unspecified atom stereocenters. The van der Waals surface area contributed by atoms with Gasteiger partial charge in [0.05, 0.1) is 5.71 Å². The monoisotopic (exact) mass is 421 g/mol. The number of benzene rings is 3. The number of rotatable bonds is 7. The molecular formula is C27H23N3O2. The highest BCUT2D eigenvalue weighted by molar-refractivity contribution is 6.00. The average molecular weight is 422 g/mol. The first-order chi connectivity index (χ1) is 15.7. The zero-order valence-corrected chi connectivity index (χ0v) is 17.7. The van der Waals surface area contributed by atoms with Gasteiger partial charge in [-0.3, -0.25) is 9.78 Å². The van der Waals surface area contributed by atoms with Crippen molar-refractivity contribution in [1.29, 1.82) is 0 Å². The summed E-state index contributed by atoms with van der Waals surface area (Å²) in [7, 11) is 0. The Hall–Kier alpha value is -4.25. The highest BCUT2D eigenvalue weighted by atomic mass is 16.5. The Balaban J connectivity index is 1.38. The largest absolute Gasteiger partial charge is 0.488 e. The van der Waals surface area contributed by atoms with Gasteiger partial charge in [0.15, 0.2) is 0 Å². The van der Waals surface area contributed by atoms with E-state index in [1.165, 1.54) is 0 Å². The van der Waals surface area contributed by atoms with Crippen molar-refractivity contribution >= 4 is 11.6 Å². The van der Waals surface area contributed by atoms with E-state index in [-0.39, 0.29) is 5.91 Å². The summed E-state index contributed by atoms with van der Waals surface area (Å²) in [5.74, 6) is 0.552. The number of pyridine rings is 1. The van der Waals surface area contributed by atoms with Crippen LogP contribution in [0.15, 0.2) is 108 Å². The quantitative estimate of drug-likeness (QED) is 0.317. The SMILES string of the molecule is C/C(=N\NC(=O)c1ccc(COc2ccccc2-c2ccccc2)cc1)c1cccnc1. The van der Waals surface area contributed by atoms with Gasteiger partial charge in [-0.05, 0) is 42.3 Å². The Kier molecular flexibility index (Phi) is 6.68. The second-order valence-corrected chi connectivity index (χ2v) is 7.23. The second-order valence-electron chi connectivity index (χ2n) is 7.23. The number of nitrogens with zero attached hydrogens (tertiary/aromatic N) is 2. The lowest BCUT2D eigenvalue weighted by atomic mass is 10.0. The standard InChI is InChI=1S/C27H23N3O2/c1-20(24-10-7-17-28-18-24)29-30-27(31)23-15-13-21(14-16-23)19-32-26-12-6-5-11-25(26)22-8-3-2-4-9-22/h2-18H,19H2,1H3,(H,30,31)/b29-20+. The fourth-order valence-electron chi connectivity index (χ4n) is 3.20. The molecule has 0 saturated carbocycles. The molecule has 1 heterocycles. The first-order valence-corrected chi connectivity index (χ1v) is 10.3. The Morgan fingerprint density at radius 2 is 1.62 bits per heavy atom. The highest BCUT2D eigenvalue weighted by Gasteiger charge is 2.08. The van der Waals surface area contributed by atoms with Gasteiger partial charge in [-0.1, -0.05) is 66.7 Å². The minimum absolute atomic E-state index is 0.268. The Labute approximate surface area is 187 Å². The molecule has 4 aromatic rings. The number of hydrazone groups is 1. The van der Waals surface area contributed by atoms with E-state index in [2.05, 4.69) is 27.6 Å². The van der Waals surface area contributed by atoms with Crippen LogP contribution in [0.5, 0.6) is 5.75 Å². The predicted octanol–water partition coefficient (Wildman–Crippen LogP) is 5.48. The van der Waals surface area contributed by atoms with Gasteiger partial charge in [-0.25, -0.2) is 5.43 Å². The summed E-state index contributed by atoms with van der Waals surface area (Å²) in [6, 6.07) is 29.2. The zero-order chi connectivity index (χ0) is 22.2. The number of carbonyl (C=O) groups excluding carboxylic acids is 1. The lowest BCUT2D eigenvalue weighted by Crippen LogP contribution is -2.19. The third kappa shape index (κ3) is 5.26. The number of amides is 1. The molecule has 5 heteroatoms. The van der Waals surface area contributed by atoms with E-state index >= 15 is 0 Å². The Bertz CT molecular complexity index is 1200. The Morgan fingerprint density at radius 3 is 2.38 bits per heavy atom. The summed E-state index contributed by atoms with van der Waals surface area (Å²) in [5.41, 5.74) is 7.79. The minimum atomic E-state index is -0.268. The number of hydrogen-bond donors (Lipinski definition) is 1. The van der Waals surface area contributed by atoms with Gasteiger partial charge in [0.2, 0.25) is 0 Å². The van der Waals surface area contributed by atoms with E-state index in [9.17, 15) is 4.79 Å². The molecule has 1 aromatic heterocycles. The molecule has 0 radical (unpaired) electrons. The summed E-state index contributed by atoms with van der Waals surface area (Å²) in [4.78, 5) is 16.5. The van der Waals surface area contributed by atoms with Crippen LogP contribution in [0.25, 0.3) is 11.1 Å². The van der Waals surface area contributed by atoms with Gasteiger partial charge in [-0.15, -0.1) is 0 Å². The summed E-state index contributed by atoms with van der Waals surface area (Å²) in [6.07, 6.45) is 3.40. The second kappa shape index (κ2) is 10.2. The number of nitrogens with one attached hydrogen (secondary N) is 1. The van der Waals surface area contributed by atoms with Crippen LogP contribution in [0.2, 0.25) is 0 Å². The molecule has 0 aliphatic carbocycles.